The Morgan fingerprint density at radius 3 is 2.26 bits per heavy atom. The minimum Gasteiger partial charge on any atom is -0.336 e. The topological polar surface area (TPSA) is 37.4 Å². The van der Waals surface area contributed by atoms with E-state index in [1.807, 2.05) is 41.3 Å². The van der Waals surface area contributed by atoms with Crippen LogP contribution < -0.4 is 0 Å². The second-order valence-corrected chi connectivity index (χ2v) is 5.95. The molecule has 1 atom stereocenters. The Labute approximate surface area is 136 Å². The third-order valence-corrected chi connectivity index (χ3v) is 4.42. The highest BCUT2D eigenvalue weighted by atomic mass is 16.2. The monoisotopic (exact) mass is 307 g/mol. The highest BCUT2D eigenvalue weighted by Crippen LogP contribution is 2.32. The first-order valence-electron chi connectivity index (χ1n) is 8.18. The van der Waals surface area contributed by atoms with Gasteiger partial charge in [-0.3, -0.25) is 9.59 Å². The molecule has 1 saturated heterocycles. The highest BCUT2D eigenvalue weighted by Gasteiger charge is 2.29. The Bertz CT molecular complexity index is 667. The molecule has 1 unspecified atom stereocenters. The van der Waals surface area contributed by atoms with E-state index < -0.39 is 0 Å². The lowest BCUT2D eigenvalue weighted by Crippen LogP contribution is -2.30. The summed E-state index contributed by atoms with van der Waals surface area (Å²) in [5.74, 6) is 0.120. The molecule has 0 saturated carbocycles. The van der Waals surface area contributed by atoms with Crippen molar-refractivity contribution in [1.29, 1.82) is 0 Å². The van der Waals surface area contributed by atoms with Crippen molar-refractivity contribution in [3.05, 3.63) is 71.8 Å². The number of rotatable bonds is 5. The van der Waals surface area contributed by atoms with Crippen LogP contribution in [0.2, 0.25) is 0 Å². The number of carbonyl (C=O) groups is 2. The number of benzene rings is 2. The van der Waals surface area contributed by atoms with Gasteiger partial charge in [0.05, 0.1) is 6.04 Å². The zero-order chi connectivity index (χ0) is 16.1. The molecule has 1 heterocycles. The molecular weight excluding hydrogens is 286 g/mol. The second kappa shape index (κ2) is 7.23. The fraction of sp³-hybridized carbons (Fsp3) is 0.300. The maximum absolute atomic E-state index is 12.5. The molecule has 3 nitrogen and oxygen atoms in total. The maximum Gasteiger partial charge on any atom is 0.223 e. The number of Topliss-reactive ketones (excluding diaryl/α,β-unsaturated/α-hetero) is 1. The predicted molar refractivity (Wildman–Crippen MR) is 90.1 cm³/mol. The number of likely N-dealkylation sites (tertiary alicyclic amines) is 1. The van der Waals surface area contributed by atoms with Crippen LogP contribution in [0.3, 0.4) is 0 Å². The van der Waals surface area contributed by atoms with Crippen LogP contribution in [-0.2, 0) is 4.79 Å². The minimum atomic E-state index is 0.0365. The first-order valence-corrected chi connectivity index (χ1v) is 8.18. The van der Waals surface area contributed by atoms with Gasteiger partial charge < -0.3 is 4.90 Å². The average Bonchev–Trinajstić information content (AvgIpc) is 3.11. The number of carbonyl (C=O) groups excluding carboxylic acids is 2. The van der Waals surface area contributed by atoms with Crippen LogP contribution >= 0.6 is 0 Å². The molecule has 118 valence electrons. The second-order valence-electron chi connectivity index (χ2n) is 5.95. The lowest BCUT2D eigenvalue weighted by atomic mass is 10.0. The van der Waals surface area contributed by atoms with Gasteiger partial charge in [-0.15, -0.1) is 0 Å². The number of amides is 1. The molecule has 0 bridgehead atoms. The van der Waals surface area contributed by atoms with Crippen LogP contribution in [0.5, 0.6) is 0 Å². The van der Waals surface area contributed by atoms with Crippen molar-refractivity contribution in [2.75, 3.05) is 6.54 Å². The van der Waals surface area contributed by atoms with Crippen LogP contribution in [0.4, 0.5) is 0 Å². The third-order valence-electron chi connectivity index (χ3n) is 4.42. The quantitative estimate of drug-likeness (QED) is 0.783. The van der Waals surface area contributed by atoms with Gasteiger partial charge in [0.25, 0.3) is 0 Å². The van der Waals surface area contributed by atoms with Crippen LogP contribution in [-0.4, -0.2) is 23.1 Å². The van der Waals surface area contributed by atoms with Gasteiger partial charge in [-0.05, 0) is 18.4 Å². The molecule has 23 heavy (non-hydrogen) atoms. The Morgan fingerprint density at radius 1 is 0.913 bits per heavy atom. The summed E-state index contributed by atoms with van der Waals surface area (Å²) >= 11 is 0. The van der Waals surface area contributed by atoms with E-state index in [1.165, 1.54) is 5.56 Å². The summed E-state index contributed by atoms with van der Waals surface area (Å²) in [5.41, 5.74) is 1.87. The standard InChI is InChI=1S/C20H21NO2/c22-19(17-10-5-2-6-11-17)13-14-20(23)21-15-7-12-18(21)16-8-3-1-4-9-16/h1-6,8-11,18H,7,12-15H2. The average molecular weight is 307 g/mol. The smallest absolute Gasteiger partial charge is 0.223 e. The molecule has 2 aromatic carbocycles. The largest absolute Gasteiger partial charge is 0.336 e. The number of ketones is 1. The predicted octanol–water partition coefficient (Wildman–Crippen LogP) is 4.01. The van der Waals surface area contributed by atoms with Crippen molar-refractivity contribution in [1.82, 2.24) is 4.90 Å². The fourth-order valence-corrected chi connectivity index (χ4v) is 3.22. The zero-order valence-corrected chi connectivity index (χ0v) is 13.2. The van der Waals surface area contributed by atoms with E-state index in [0.29, 0.717) is 5.56 Å². The Hall–Kier alpha value is -2.42. The van der Waals surface area contributed by atoms with Crippen molar-refractivity contribution in [3.8, 4) is 0 Å². The van der Waals surface area contributed by atoms with Gasteiger partial charge in [-0.2, -0.15) is 0 Å². The van der Waals surface area contributed by atoms with Crippen LogP contribution in [0, 0.1) is 0 Å². The first kappa shape index (κ1) is 15.5. The van der Waals surface area contributed by atoms with E-state index in [2.05, 4.69) is 12.1 Å². The SMILES string of the molecule is O=C(CCC(=O)N1CCCC1c1ccccc1)c1ccccc1. The number of hydrogen-bond acceptors (Lipinski definition) is 2. The molecule has 3 rings (SSSR count). The highest BCUT2D eigenvalue weighted by molar-refractivity contribution is 5.97. The number of hydrogen-bond donors (Lipinski definition) is 0. The molecular formula is C20H21NO2. The van der Waals surface area contributed by atoms with E-state index >= 15 is 0 Å². The fourth-order valence-electron chi connectivity index (χ4n) is 3.22. The normalized spacial score (nSPS) is 17.2. The van der Waals surface area contributed by atoms with Gasteiger partial charge in [0.15, 0.2) is 5.78 Å². The van der Waals surface area contributed by atoms with E-state index in [-0.39, 0.29) is 30.6 Å². The van der Waals surface area contributed by atoms with Gasteiger partial charge in [0.1, 0.15) is 0 Å². The lowest BCUT2D eigenvalue weighted by Gasteiger charge is -2.25. The van der Waals surface area contributed by atoms with Crippen LogP contribution in [0.25, 0.3) is 0 Å². The Balaban J connectivity index is 1.60. The minimum absolute atomic E-state index is 0.0365. The van der Waals surface area contributed by atoms with Gasteiger partial charge in [-0.1, -0.05) is 60.7 Å². The molecule has 0 aromatic heterocycles. The van der Waals surface area contributed by atoms with Gasteiger partial charge in [0, 0.05) is 24.9 Å². The molecule has 0 radical (unpaired) electrons. The van der Waals surface area contributed by atoms with Crippen LogP contribution in [0.15, 0.2) is 60.7 Å². The maximum atomic E-state index is 12.5. The van der Waals surface area contributed by atoms with Crippen molar-refractivity contribution >= 4 is 11.7 Å². The lowest BCUT2D eigenvalue weighted by molar-refractivity contribution is -0.132. The van der Waals surface area contributed by atoms with E-state index in [4.69, 9.17) is 0 Å². The molecule has 2 aromatic rings. The van der Waals surface area contributed by atoms with E-state index in [0.717, 1.165) is 19.4 Å². The van der Waals surface area contributed by atoms with E-state index in [9.17, 15) is 9.59 Å². The summed E-state index contributed by atoms with van der Waals surface area (Å²) in [6.45, 7) is 0.790. The molecule has 1 amide bonds. The van der Waals surface area contributed by atoms with Gasteiger partial charge >= 0.3 is 0 Å². The summed E-state index contributed by atoms with van der Waals surface area (Å²) < 4.78 is 0. The molecule has 1 fully saturated rings. The van der Waals surface area contributed by atoms with Crippen LogP contribution in [0.1, 0.15) is 47.6 Å². The number of nitrogens with zero attached hydrogens (tertiary/aromatic N) is 1. The molecule has 0 spiro atoms. The summed E-state index contributed by atoms with van der Waals surface area (Å²) in [4.78, 5) is 26.6. The molecule has 1 aliphatic heterocycles. The van der Waals surface area contributed by atoms with E-state index in [1.54, 1.807) is 12.1 Å². The first-order chi connectivity index (χ1) is 11.3. The molecule has 1 aliphatic rings. The summed E-state index contributed by atoms with van der Waals surface area (Å²) in [7, 11) is 0. The molecule has 3 heteroatoms. The summed E-state index contributed by atoms with van der Waals surface area (Å²) in [6, 6.07) is 19.5. The van der Waals surface area contributed by atoms with Gasteiger partial charge in [0.2, 0.25) is 5.91 Å². The third kappa shape index (κ3) is 3.67. The molecule has 0 N–H and O–H groups in total. The van der Waals surface area contributed by atoms with Crippen molar-refractivity contribution in [2.24, 2.45) is 0 Å². The summed E-state index contributed by atoms with van der Waals surface area (Å²) in [5, 5.41) is 0. The van der Waals surface area contributed by atoms with Crippen molar-refractivity contribution in [3.63, 3.8) is 0 Å². The Morgan fingerprint density at radius 2 is 1.57 bits per heavy atom. The molecule has 0 aliphatic carbocycles. The van der Waals surface area contributed by atoms with Crippen molar-refractivity contribution in [2.45, 2.75) is 31.7 Å². The van der Waals surface area contributed by atoms with Gasteiger partial charge in [-0.25, -0.2) is 0 Å². The Kier molecular flexibility index (Phi) is 4.86. The zero-order valence-electron chi connectivity index (χ0n) is 13.2. The summed E-state index contributed by atoms with van der Waals surface area (Å²) in [6.07, 6.45) is 2.60. The van der Waals surface area contributed by atoms with Crippen molar-refractivity contribution < 1.29 is 9.59 Å².